The van der Waals surface area contributed by atoms with Gasteiger partial charge in [0.05, 0.1) is 13.5 Å². The van der Waals surface area contributed by atoms with Crippen LogP contribution in [0.25, 0.3) is 11.1 Å². The van der Waals surface area contributed by atoms with E-state index in [1.165, 1.54) is 7.11 Å². The number of nitrogens with zero attached hydrogens (tertiary/aromatic N) is 1. The van der Waals surface area contributed by atoms with Crippen LogP contribution < -0.4 is 5.32 Å². The average molecular weight is 408 g/mol. The predicted octanol–water partition coefficient (Wildman–Crippen LogP) is 3.28. The molecule has 1 atom stereocenters. The van der Waals surface area contributed by atoms with Crippen LogP contribution in [0.1, 0.15) is 36.0 Å². The number of likely N-dealkylation sites (tertiary alicyclic amines) is 1. The summed E-state index contributed by atoms with van der Waals surface area (Å²) in [6, 6.07) is 17.6. The number of amides is 2. The van der Waals surface area contributed by atoms with Crippen molar-refractivity contribution in [2.75, 3.05) is 26.7 Å². The Hall–Kier alpha value is -3.15. The molecule has 30 heavy (non-hydrogen) atoms. The molecule has 1 heterocycles. The van der Waals surface area contributed by atoms with Crippen molar-refractivity contribution in [2.24, 2.45) is 5.92 Å². The molecule has 2 amide bonds. The Bertz CT molecular complexity index is 865. The Balaban J connectivity index is 1.48. The van der Waals surface area contributed by atoms with Gasteiger partial charge >= 0.3 is 5.97 Å². The van der Waals surface area contributed by atoms with Gasteiger partial charge in [-0.1, -0.05) is 42.5 Å². The molecule has 6 heteroatoms. The molecule has 2 aromatic rings. The van der Waals surface area contributed by atoms with Gasteiger partial charge in [0.2, 0.25) is 5.91 Å². The summed E-state index contributed by atoms with van der Waals surface area (Å²) in [5.41, 5.74) is 2.81. The van der Waals surface area contributed by atoms with Gasteiger partial charge < -0.3 is 15.0 Å². The maximum atomic E-state index is 12.5. The molecule has 6 nitrogen and oxygen atoms in total. The van der Waals surface area contributed by atoms with Crippen molar-refractivity contribution in [1.82, 2.24) is 10.2 Å². The number of benzene rings is 2. The highest BCUT2D eigenvalue weighted by molar-refractivity contribution is 5.94. The number of hydrogen-bond donors (Lipinski definition) is 1. The highest BCUT2D eigenvalue weighted by Crippen LogP contribution is 2.20. The third-order valence-corrected chi connectivity index (χ3v) is 5.45. The molecule has 158 valence electrons. The second kappa shape index (κ2) is 10.6. The fourth-order valence-corrected chi connectivity index (χ4v) is 3.71. The molecule has 0 aromatic heterocycles. The molecule has 0 saturated carbocycles. The molecule has 0 unspecified atom stereocenters. The van der Waals surface area contributed by atoms with E-state index < -0.39 is 0 Å². The molecule has 0 radical (unpaired) electrons. The number of hydrogen-bond acceptors (Lipinski definition) is 4. The second-order valence-corrected chi connectivity index (χ2v) is 7.58. The Morgan fingerprint density at radius 2 is 1.70 bits per heavy atom. The third kappa shape index (κ3) is 5.92. The zero-order valence-electron chi connectivity index (χ0n) is 17.3. The van der Waals surface area contributed by atoms with Crippen molar-refractivity contribution in [3.8, 4) is 11.1 Å². The van der Waals surface area contributed by atoms with E-state index in [4.69, 9.17) is 0 Å². The Labute approximate surface area is 177 Å². The third-order valence-electron chi connectivity index (χ3n) is 5.45. The maximum Gasteiger partial charge on any atom is 0.306 e. The van der Waals surface area contributed by atoms with Gasteiger partial charge in [-0.3, -0.25) is 14.4 Å². The number of esters is 1. The summed E-state index contributed by atoms with van der Waals surface area (Å²) >= 11 is 0. The molecule has 3 rings (SSSR count). The smallest absolute Gasteiger partial charge is 0.306 e. The summed E-state index contributed by atoms with van der Waals surface area (Å²) in [7, 11) is 1.32. The number of carbonyl (C=O) groups is 3. The van der Waals surface area contributed by atoms with E-state index in [1.807, 2.05) is 54.6 Å². The van der Waals surface area contributed by atoms with Crippen LogP contribution in [-0.2, 0) is 14.3 Å². The number of nitrogens with one attached hydrogen (secondary N) is 1. The van der Waals surface area contributed by atoms with Gasteiger partial charge in [0.25, 0.3) is 5.91 Å². The van der Waals surface area contributed by atoms with E-state index in [0.717, 1.165) is 24.0 Å². The highest BCUT2D eigenvalue weighted by Gasteiger charge is 2.24. The molecule has 2 aromatic carbocycles. The van der Waals surface area contributed by atoms with Crippen molar-refractivity contribution in [1.29, 1.82) is 0 Å². The van der Waals surface area contributed by atoms with Crippen LogP contribution in [0, 0.1) is 5.92 Å². The molecule has 1 aliphatic heterocycles. The Morgan fingerprint density at radius 3 is 2.40 bits per heavy atom. The number of piperidine rings is 1. The van der Waals surface area contributed by atoms with Crippen LogP contribution in [-0.4, -0.2) is 49.4 Å². The topological polar surface area (TPSA) is 75.7 Å². The molecular formula is C24H28N2O4. The largest absolute Gasteiger partial charge is 0.469 e. The van der Waals surface area contributed by atoms with Crippen molar-refractivity contribution < 1.29 is 19.1 Å². The first-order valence-corrected chi connectivity index (χ1v) is 10.3. The van der Waals surface area contributed by atoms with Gasteiger partial charge in [-0.25, -0.2) is 0 Å². The maximum absolute atomic E-state index is 12.5. The van der Waals surface area contributed by atoms with E-state index in [0.29, 0.717) is 25.2 Å². The van der Waals surface area contributed by atoms with Crippen LogP contribution in [0.2, 0.25) is 0 Å². The molecule has 0 spiro atoms. The second-order valence-electron chi connectivity index (χ2n) is 7.58. The van der Waals surface area contributed by atoms with E-state index in [9.17, 15) is 14.4 Å². The fourth-order valence-electron chi connectivity index (χ4n) is 3.71. The summed E-state index contributed by atoms with van der Waals surface area (Å²) in [5.74, 6) is -0.299. The summed E-state index contributed by atoms with van der Waals surface area (Å²) < 4.78 is 4.59. The number of carbonyl (C=O) groups excluding carboxylic acids is 3. The number of ether oxygens (including phenoxy) is 1. The van der Waals surface area contributed by atoms with Gasteiger partial charge in [-0.05, 0) is 42.0 Å². The lowest BCUT2D eigenvalue weighted by molar-refractivity contribution is -0.144. The van der Waals surface area contributed by atoms with Crippen molar-refractivity contribution in [2.45, 2.75) is 25.7 Å². The van der Waals surface area contributed by atoms with Crippen LogP contribution in [0.5, 0.6) is 0 Å². The molecule has 1 N–H and O–H groups in total. The quantitative estimate of drug-likeness (QED) is 0.714. The zero-order chi connectivity index (χ0) is 21.3. The minimum Gasteiger partial charge on any atom is -0.469 e. The summed E-state index contributed by atoms with van der Waals surface area (Å²) in [4.78, 5) is 37.8. The molecule has 1 saturated heterocycles. The molecule has 0 aliphatic carbocycles. The van der Waals surface area contributed by atoms with Gasteiger partial charge in [0.15, 0.2) is 0 Å². The van der Waals surface area contributed by atoms with Crippen LogP contribution in [0.4, 0.5) is 0 Å². The first-order valence-electron chi connectivity index (χ1n) is 10.3. The summed E-state index contributed by atoms with van der Waals surface area (Å²) in [5, 5.41) is 3.00. The average Bonchev–Trinajstić information content (AvgIpc) is 2.81. The van der Waals surface area contributed by atoms with E-state index >= 15 is 0 Å². The van der Waals surface area contributed by atoms with Gasteiger partial charge in [-0.2, -0.15) is 0 Å². The fraction of sp³-hybridized carbons (Fsp3) is 0.375. The monoisotopic (exact) mass is 408 g/mol. The lowest BCUT2D eigenvalue weighted by Crippen LogP contribution is -2.43. The van der Waals surface area contributed by atoms with E-state index in [1.54, 1.807) is 4.90 Å². The molecule has 1 fully saturated rings. The van der Waals surface area contributed by atoms with E-state index in [-0.39, 0.29) is 36.5 Å². The van der Waals surface area contributed by atoms with Crippen molar-refractivity contribution in [3.05, 3.63) is 60.2 Å². The Morgan fingerprint density at radius 1 is 1.00 bits per heavy atom. The first-order chi connectivity index (χ1) is 14.6. The van der Waals surface area contributed by atoms with Crippen LogP contribution >= 0.6 is 0 Å². The minimum atomic E-state index is -0.373. The van der Waals surface area contributed by atoms with Crippen LogP contribution in [0.3, 0.4) is 0 Å². The van der Waals surface area contributed by atoms with Gasteiger partial charge in [-0.15, -0.1) is 0 Å². The van der Waals surface area contributed by atoms with Crippen molar-refractivity contribution >= 4 is 17.8 Å². The normalized spacial score (nSPS) is 16.0. The number of methoxy groups -OCH3 is 1. The highest BCUT2D eigenvalue weighted by atomic mass is 16.5. The Kier molecular flexibility index (Phi) is 7.60. The zero-order valence-corrected chi connectivity index (χ0v) is 17.3. The minimum absolute atomic E-state index is 0.0343. The summed E-state index contributed by atoms with van der Waals surface area (Å²) in [6.45, 7) is 1.83. The van der Waals surface area contributed by atoms with Gasteiger partial charge in [0.1, 0.15) is 0 Å². The molecular weight excluding hydrogens is 380 g/mol. The molecule has 1 aliphatic rings. The first kappa shape index (κ1) is 21.6. The standard InChI is InChI=1S/C24H28N2O4/c1-30-23(28)14-13-22(27)26-15-5-6-18(17-26)16-25-24(29)21-11-9-20(10-12-21)19-7-3-2-4-8-19/h2-4,7-12,18H,5-6,13-17H2,1H3,(H,25,29)/t18-/m1/s1. The molecule has 0 bridgehead atoms. The lowest BCUT2D eigenvalue weighted by Gasteiger charge is -2.33. The van der Waals surface area contributed by atoms with Gasteiger partial charge in [0, 0.05) is 31.6 Å². The lowest BCUT2D eigenvalue weighted by atomic mass is 9.97. The summed E-state index contributed by atoms with van der Waals surface area (Å²) in [6.07, 6.45) is 2.13. The SMILES string of the molecule is COC(=O)CCC(=O)N1CCC[C@H](CNC(=O)c2ccc(-c3ccccc3)cc2)C1. The van der Waals surface area contributed by atoms with E-state index in [2.05, 4.69) is 10.1 Å². The predicted molar refractivity (Wildman–Crippen MR) is 115 cm³/mol. The van der Waals surface area contributed by atoms with Crippen LogP contribution in [0.15, 0.2) is 54.6 Å². The number of rotatable bonds is 7. The van der Waals surface area contributed by atoms with Crippen molar-refractivity contribution in [3.63, 3.8) is 0 Å².